The summed E-state index contributed by atoms with van der Waals surface area (Å²) in [6.45, 7) is 6.03. The molecule has 2 aromatic heterocycles. The molecule has 0 radical (unpaired) electrons. The minimum absolute atomic E-state index is 0.0628. The Hall–Kier alpha value is -2.80. The first-order chi connectivity index (χ1) is 12.0. The second-order valence-electron chi connectivity index (χ2n) is 5.80. The fourth-order valence-corrected chi connectivity index (χ4v) is 2.54. The van der Waals surface area contributed by atoms with E-state index >= 15 is 0 Å². The number of carbonyl (C=O) groups is 1. The molecule has 25 heavy (non-hydrogen) atoms. The van der Waals surface area contributed by atoms with Crippen LogP contribution in [-0.2, 0) is 0 Å². The number of anilines is 1. The Balaban J connectivity index is 1.90. The fraction of sp³-hybridized carbons (Fsp3) is 0.235. The highest BCUT2D eigenvalue weighted by Crippen LogP contribution is 2.23. The lowest BCUT2D eigenvalue weighted by atomic mass is 10.0. The predicted octanol–water partition coefficient (Wildman–Crippen LogP) is 3.39. The predicted molar refractivity (Wildman–Crippen MR) is 95.2 cm³/mol. The van der Waals surface area contributed by atoms with Crippen molar-refractivity contribution in [1.82, 2.24) is 25.0 Å². The van der Waals surface area contributed by atoms with Crippen LogP contribution in [0.3, 0.4) is 0 Å². The zero-order valence-electron chi connectivity index (χ0n) is 14.1. The maximum atomic E-state index is 12.4. The number of para-hydroxylation sites is 1. The molecule has 0 atom stereocenters. The van der Waals surface area contributed by atoms with Crippen LogP contribution in [0.5, 0.6) is 0 Å². The number of nitrogens with zero attached hydrogens (tertiary/aromatic N) is 5. The number of rotatable bonds is 4. The van der Waals surface area contributed by atoms with Gasteiger partial charge in [0.1, 0.15) is 5.82 Å². The number of nitrogens with one attached hydrogen (secondary N) is 1. The van der Waals surface area contributed by atoms with Crippen LogP contribution in [0.2, 0.25) is 5.15 Å². The van der Waals surface area contributed by atoms with E-state index in [1.165, 1.54) is 0 Å². The third-order valence-electron chi connectivity index (χ3n) is 3.63. The van der Waals surface area contributed by atoms with Crippen LogP contribution in [-0.4, -0.2) is 30.9 Å². The lowest BCUT2D eigenvalue weighted by Gasteiger charge is -2.12. The monoisotopic (exact) mass is 356 g/mol. The van der Waals surface area contributed by atoms with Gasteiger partial charge in [0.25, 0.3) is 5.91 Å². The number of hydrogen-bond donors (Lipinski definition) is 1. The van der Waals surface area contributed by atoms with E-state index in [0.717, 1.165) is 11.3 Å². The molecule has 1 aromatic carbocycles. The number of halogens is 1. The summed E-state index contributed by atoms with van der Waals surface area (Å²) in [5.41, 5.74) is 2.04. The van der Waals surface area contributed by atoms with Crippen molar-refractivity contribution >= 4 is 23.3 Å². The molecule has 1 N–H and O–H groups in total. The Kier molecular flexibility index (Phi) is 4.76. The number of aryl methyl sites for hydroxylation is 1. The second-order valence-corrected chi connectivity index (χ2v) is 6.19. The van der Waals surface area contributed by atoms with Crippen molar-refractivity contribution < 1.29 is 4.79 Å². The van der Waals surface area contributed by atoms with Crippen molar-refractivity contribution in [2.75, 3.05) is 5.32 Å². The number of hydrogen-bond acceptors (Lipinski definition) is 5. The first kappa shape index (κ1) is 17.0. The Morgan fingerprint density at radius 2 is 1.92 bits per heavy atom. The largest absolute Gasteiger partial charge is 0.302 e. The summed E-state index contributed by atoms with van der Waals surface area (Å²) in [7, 11) is 0. The minimum Gasteiger partial charge on any atom is -0.302 e. The van der Waals surface area contributed by atoms with Crippen LogP contribution in [0.1, 0.15) is 41.8 Å². The van der Waals surface area contributed by atoms with Crippen LogP contribution < -0.4 is 5.32 Å². The van der Waals surface area contributed by atoms with Crippen LogP contribution in [0.25, 0.3) is 5.69 Å². The average molecular weight is 357 g/mol. The Morgan fingerprint density at radius 1 is 1.16 bits per heavy atom. The molecule has 7 nitrogen and oxygen atoms in total. The summed E-state index contributed by atoms with van der Waals surface area (Å²) >= 11 is 5.68. The van der Waals surface area contributed by atoms with E-state index in [1.54, 1.807) is 16.8 Å². The van der Waals surface area contributed by atoms with Gasteiger partial charge in [0.2, 0.25) is 5.82 Å². The van der Waals surface area contributed by atoms with Gasteiger partial charge in [0, 0.05) is 0 Å². The summed E-state index contributed by atoms with van der Waals surface area (Å²) in [5.74, 6) is 0.834. The third-order valence-corrected chi connectivity index (χ3v) is 3.83. The fourth-order valence-electron chi connectivity index (χ4n) is 2.44. The molecule has 0 bridgehead atoms. The van der Waals surface area contributed by atoms with Crippen LogP contribution in [0.15, 0.2) is 36.4 Å². The van der Waals surface area contributed by atoms with Crippen molar-refractivity contribution in [2.45, 2.75) is 26.7 Å². The van der Waals surface area contributed by atoms with Gasteiger partial charge in [-0.2, -0.15) is 0 Å². The summed E-state index contributed by atoms with van der Waals surface area (Å²) < 4.78 is 1.68. The van der Waals surface area contributed by atoms with Crippen LogP contribution in [0.4, 0.5) is 5.82 Å². The van der Waals surface area contributed by atoms with Gasteiger partial charge in [-0.1, -0.05) is 43.6 Å². The third kappa shape index (κ3) is 3.66. The van der Waals surface area contributed by atoms with E-state index < -0.39 is 5.91 Å². The summed E-state index contributed by atoms with van der Waals surface area (Å²) in [5, 5.41) is 14.7. The van der Waals surface area contributed by atoms with Gasteiger partial charge in [0.05, 0.1) is 5.69 Å². The van der Waals surface area contributed by atoms with Gasteiger partial charge >= 0.3 is 0 Å². The Labute approximate surface area is 150 Å². The molecule has 0 unspecified atom stereocenters. The maximum Gasteiger partial charge on any atom is 0.296 e. The highest BCUT2D eigenvalue weighted by atomic mass is 35.5. The van der Waals surface area contributed by atoms with Crippen molar-refractivity contribution in [2.24, 2.45) is 0 Å². The molecule has 0 saturated heterocycles. The number of aromatic nitrogens is 5. The summed E-state index contributed by atoms with van der Waals surface area (Å²) in [6, 6.07) is 11.0. The van der Waals surface area contributed by atoms with Gasteiger partial charge in [-0.05, 0) is 36.6 Å². The smallest absolute Gasteiger partial charge is 0.296 e. The molecule has 2 heterocycles. The number of amides is 1. The number of benzene rings is 1. The van der Waals surface area contributed by atoms with E-state index in [2.05, 4.69) is 39.4 Å². The average Bonchev–Trinajstić information content (AvgIpc) is 2.98. The summed E-state index contributed by atoms with van der Waals surface area (Å²) in [6.07, 6.45) is 0. The molecule has 0 aliphatic rings. The van der Waals surface area contributed by atoms with Crippen molar-refractivity contribution in [3.05, 3.63) is 58.8 Å². The van der Waals surface area contributed by atoms with E-state index in [0.29, 0.717) is 11.7 Å². The molecule has 0 spiro atoms. The lowest BCUT2D eigenvalue weighted by Crippen LogP contribution is -2.15. The first-order valence-corrected chi connectivity index (χ1v) is 8.17. The molecule has 0 fully saturated rings. The normalized spacial score (nSPS) is 10.9. The molecule has 3 rings (SSSR count). The van der Waals surface area contributed by atoms with Crippen molar-refractivity contribution in [1.29, 1.82) is 0 Å². The van der Waals surface area contributed by atoms with Crippen LogP contribution >= 0.6 is 11.6 Å². The molecule has 128 valence electrons. The standard InChI is InChI=1S/C17H17ClN6O/c1-10(2)12-6-4-5-7-13(12)24-11(3)19-16(23-24)17(25)20-15-9-8-14(18)21-22-15/h4-10H,1-3H3,(H,20,22,25). The molecular formula is C17H17ClN6O. The van der Waals surface area contributed by atoms with E-state index in [4.69, 9.17) is 11.6 Å². The second kappa shape index (κ2) is 6.98. The molecule has 0 aliphatic heterocycles. The van der Waals surface area contributed by atoms with E-state index in [9.17, 15) is 4.79 Å². The molecule has 3 aromatic rings. The topological polar surface area (TPSA) is 85.6 Å². The van der Waals surface area contributed by atoms with Gasteiger partial charge in [-0.25, -0.2) is 9.67 Å². The van der Waals surface area contributed by atoms with Gasteiger partial charge in [-0.3, -0.25) is 4.79 Å². The molecule has 8 heteroatoms. The van der Waals surface area contributed by atoms with Crippen LogP contribution in [0, 0.1) is 6.92 Å². The quantitative estimate of drug-likeness (QED) is 0.774. The van der Waals surface area contributed by atoms with E-state index in [1.807, 2.05) is 31.2 Å². The zero-order valence-corrected chi connectivity index (χ0v) is 14.8. The maximum absolute atomic E-state index is 12.4. The van der Waals surface area contributed by atoms with Gasteiger partial charge in [0.15, 0.2) is 11.0 Å². The van der Waals surface area contributed by atoms with Gasteiger partial charge in [-0.15, -0.1) is 15.3 Å². The highest BCUT2D eigenvalue weighted by Gasteiger charge is 2.18. The lowest BCUT2D eigenvalue weighted by molar-refractivity contribution is 0.101. The zero-order chi connectivity index (χ0) is 18.0. The van der Waals surface area contributed by atoms with E-state index in [-0.39, 0.29) is 16.8 Å². The summed E-state index contributed by atoms with van der Waals surface area (Å²) in [4.78, 5) is 16.6. The number of carbonyl (C=O) groups excluding carboxylic acids is 1. The van der Waals surface area contributed by atoms with Crippen molar-refractivity contribution in [3.8, 4) is 5.69 Å². The van der Waals surface area contributed by atoms with Gasteiger partial charge < -0.3 is 5.32 Å². The first-order valence-electron chi connectivity index (χ1n) is 7.79. The van der Waals surface area contributed by atoms with Crippen molar-refractivity contribution in [3.63, 3.8) is 0 Å². The Morgan fingerprint density at radius 3 is 2.60 bits per heavy atom. The highest BCUT2D eigenvalue weighted by molar-refractivity contribution is 6.29. The molecular weight excluding hydrogens is 340 g/mol. The molecule has 1 amide bonds. The Bertz CT molecular complexity index is 904. The SMILES string of the molecule is Cc1nc(C(=O)Nc2ccc(Cl)nn2)nn1-c1ccccc1C(C)C. The minimum atomic E-state index is -0.458. The molecule has 0 aliphatic carbocycles. The molecule has 0 saturated carbocycles.